The van der Waals surface area contributed by atoms with E-state index in [1.165, 1.54) is 12.3 Å². The third-order valence-corrected chi connectivity index (χ3v) is 3.73. The lowest BCUT2D eigenvalue weighted by Gasteiger charge is -2.24. The Kier molecular flexibility index (Phi) is 5.81. The second kappa shape index (κ2) is 7.83. The van der Waals surface area contributed by atoms with Crippen molar-refractivity contribution in [2.45, 2.75) is 25.9 Å². The topological polar surface area (TPSA) is 77.7 Å². The van der Waals surface area contributed by atoms with Crippen molar-refractivity contribution in [3.63, 3.8) is 0 Å². The molecule has 2 rings (SSSR count). The van der Waals surface area contributed by atoms with Crippen LogP contribution in [0.1, 0.15) is 25.6 Å². The highest BCUT2D eigenvalue weighted by Gasteiger charge is 2.17. The molecule has 2 amide bonds. The maximum atomic E-state index is 14.2. The van der Waals surface area contributed by atoms with Crippen LogP contribution in [-0.2, 0) is 0 Å². The third kappa shape index (κ3) is 4.26. The maximum absolute atomic E-state index is 14.2. The number of anilines is 2. The summed E-state index contributed by atoms with van der Waals surface area (Å²) in [7, 11) is 1.80. The first-order valence-electron chi connectivity index (χ1n) is 7.66. The molecule has 3 N–H and O–H groups in total. The Hall–Kier alpha value is -2.54. The van der Waals surface area contributed by atoms with E-state index in [2.05, 4.69) is 10.6 Å². The lowest BCUT2D eigenvalue weighted by molar-refractivity contribution is 0.215. The molecular formula is C17H22FN3O3. The number of nitrogens with one attached hydrogen (secondary N) is 2. The molecule has 130 valence electrons. The summed E-state index contributed by atoms with van der Waals surface area (Å²) in [4.78, 5) is 13.8. The number of urea groups is 1. The molecule has 0 aliphatic heterocycles. The number of amides is 2. The van der Waals surface area contributed by atoms with Gasteiger partial charge >= 0.3 is 6.03 Å². The molecule has 0 fully saturated rings. The quantitative estimate of drug-likeness (QED) is 0.758. The fraction of sp³-hybridized carbons (Fsp3) is 0.353. The Labute approximate surface area is 140 Å². The van der Waals surface area contributed by atoms with Crippen LogP contribution in [0.25, 0.3) is 0 Å². The van der Waals surface area contributed by atoms with E-state index in [0.29, 0.717) is 17.1 Å². The second-order valence-corrected chi connectivity index (χ2v) is 5.72. The number of aliphatic hydroxyl groups excluding tert-OH is 1. The van der Waals surface area contributed by atoms with Gasteiger partial charge in [-0.2, -0.15) is 0 Å². The largest absolute Gasteiger partial charge is 0.467 e. The molecular weight excluding hydrogens is 313 g/mol. The van der Waals surface area contributed by atoms with Crippen LogP contribution in [0.3, 0.4) is 0 Å². The second-order valence-electron chi connectivity index (χ2n) is 5.72. The molecule has 1 atom stereocenters. The summed E-state index contributed by atoms with van der Waals surface area (Å²) in [5.74, 6) is 0.0153. The van der Waals surface area contributed by atoms with E-state index >= 15 is 0 Å². The van der Waals surface area contributed by atoms with Gasteiger partial charge in [0.15, 0.2) is 0 Å². The zero-order chi connectivity index (χ0) is 17.7. The van der Waals surface area contributed by atoms with E-state index in [0.717, 1.165) is 0 Å². The average molecular weight is 335 g/mol. The number of hydrogen-bond donors (Lipinski definition) is 3. The van der Waals surface area contributed by atoms with Gasteiger partial charge in [0.25, 0.3) is 0 Å². The monoisotopic (exact) mass is 335 g/mol. The third-order valence-electron chi connectivity index (χ3n) is 3.73. The molecule has 0 aliphatic carbocycles. The first-order valence-corrected chi connectivity index (χ1v) is 7.66. The molecule has 6 nitrogen and oxygen atoms in total. The molecule has 0 aliphatic rings. The van der Waals surface area contributed by atoms with Gasteiger partial charge in [-0.1, -0.05) is 0 Å². The van der Waals surface area contributed by atoms with Gasteiger partial charge in [0.2, 0.25) is 0 Å². The van der Waals surface area contributed by atoms with Crippen LogP contribution in [0.5, 0.6) is 0 Å². The zero-order valence-corrected chi connectivity index (χ0v) is 13.9. The number of hydrogen-bond acceptors (Lipinski definition) is 4. The molecule has 2 aromatic rings. The minimum Gasteiger partial charge on any atom is -0.467 e. The predicted molar refractivity (Wildman–Crippen MR) is 90.6 cm³/mol. The molecule has 0 saturated heterocycles. The summed E-state index contributed by atoms with van der Waals surface area (Å²) in [5, 5.41) is 14.4. The van der Waals surface area contributed by atoms with Crippen molar-refractivity contribution >= 4 is 17.4 Å². The highest BCUT2D eigenvalue weighted by molar-refractivity contribution is 5.89. The predicted octanol–water partition coefficient (Wildman–Crippen LogP) is 3.12. The first kappa shape index (κ1) is 17.8. The van der Waals surface area contributed by atoms with Gasteiger partial charge < -0.3 is 25.1 Å². The fourth-order valence-corrected chi connectivity index (χ4v) is 2.17. The molecule has 0 spiro atoms. The van der Waals surface area contributed by atoms with Crippen LogP contribution in [0.15, 0.2) is 41.0 Å². The average Bonchev–Trinajstić information content (AvgIpc) is 3.06. The molecule has 7 heteroatoms. The van der Waals surface area contributed by atoms with E-state index < -0.39 is 17.9 Å². The van der Waals surface area contributed by atoms with Crippen LogP contribution in [0, 0.1) is 5.82 Å². The van der Waals surface area contributed by atoms with Crippen molar-refractivity contribution in [2.24, 2.45) is 0 Å². The lowest BCUT2D eigenvalue weighted by Crippen LogP contribution is -2.34. The Morgan fingerprint density at radius 3 is 2.67 bits per heavy atom. The molecule has 1 aromatic heterocycles. The standard InChI is InChI=1S/C17H22FN3O3/c1-11(2)21(3)15-7-6-12(9-13(15)18)19-17(23)20-14(10-22)16-5-4-8-24-16/h4-9,11,14,22H,10H2,1-3H3,(H2,19,20,23)/t14-/m1/s1. The lowest BCUT2D eigenvalue weighted by atomic mass is 10.2. The highest BCUT2D eigenvalue weighted by Crippen LogP contribution is 2.23. The minimum absolute atomic E-state index is 0.153. The smallest absolute Gasteiger partial charge is 0.319 e. The van der Waals surface area contributed by atoms with E-state index in [4.69, 9.17) is 4.42 Å². The Bertz CT molecular complexity index is 674. The van der Waals surface area contributed by atoms with Crippen molar-refractivity contribution in [2.75, 3.05) is 23.9 Å². The van der Waals surface area contributed by atoms with E-state index in [9.17, 15) is 14.3 Å². The summed E-state index contributed by atoms with van der Waals surface area (Å²) >= 11 is 0. The van der Waals surface area contributed by atoms with Crippen molar-refractivity contribution in [1.82, 2.24) is 5.32 Å². The zero-order valence-electron chi connectivity index (χ0n) is 13.9. The van der Waals surface area contributed by atoms with Gasteiger partial charge in [-0.3, -0.25) is 0 Å². The Morgan fingerprint density at radius 2 is 2.12 bits per heavy atom. The van der Waals surface area contributed by atoms with E-state index in [1.54, 1.807) is 36.2 Å². The van der Waals surface area contributed by atoms with Gasteiger partial charge in [-0.15, -0.1) is 0 Å². The van der Waals surface area contributed by atoms with Crippen LogP contribution in [0.4, 0.5) is 20.6 Å². The van der Waals surface area contributed by atoms with Crippen LogP contribution in [0.2, 0.25) is 0 Å². The van der Waals surface area contributed by atoms with Crippen molar-refractivity contribution in [3.8, 4) is 0 Å². The molecule has 1 heterocycles. The normalized spacial score (nSPS) is 12.1. The minimum atomic E-state index is -0.670. The molecule has 0 saturated carbocycles. The summed E-state index contributed by atoms with van der Waals surface area (Å²) in [6.07, 6.45) is 1.46. The summed E-state index contributed by atoms with van der Waals surface area (Å²) < 4.78 is 19.3. The van der Waals surface area contributed by atoms with Crippen LogP contribution in [-0.4, -0.2) is 30.8 Å². The van der Waals surface area contributed by atoms with Crippen LogP contribution >= 0.6 is 0 Å². The maximum Gasteiger partial charge on any atom is 0.319 e. The van der Waals surface area contributed by atoms with Crippen molar-refractivity contribution < 1.29 is 18.7 Å². The number of benzene rings is 1. The summed E-state index contributed by atoms with van der Waals surface area (Å²) in [5.41, 5.74) is 0.779. The molecule has 0 unspecified atom stereocenters. The number of halogens is 1. The van der Waals surface area contributed by atoms with Crippen molar-refractivity contribution in [1.29, 1.82) is 0 Å². The molecule has 0 radical (unpaired) electrons. The molecule has 0 bridgehead atoms. The number of aliphatic hydroxyl groups is 1. The number of carbonyl (C=O) groups excluding carboxylic acids is 1. The summed E-state index contributed by atoms with van der Waals surface area (Å²) in [6.45, 7) is 3.61. The van der Waals surface area contributed by atoms with Crippen LogP contribution < -0.4 is 15.5 Å². The van der Waals surface area contributed by atoms with Gasteiger partial charge in [-0.25, -0.2) is 9.18 Å². The Morgan fingerprint density at radius 1 is 1.38 bits per heavy atom. The van der Waals surface area contributed by atoms with E-state index in [-0.39, 0.29) is 12.6 Å². The van der Waals surface area contributed by atoms with Gasteiger partial charge in [-0.05, 0) is 44.2 Å². The van der Waals surface area contributed by atoms with Gasteiger partial charge in [0.1, 0.15) is 17.6 Å². The van der Waals surface area contributed by atoms with E-state index in [1.807, 2.05) is 13.8 Å². The van der Waals surface area contributed by atoms with Crippen molar-refractivity contribution in [3.05, 3.63) is 48.2 Å². The molecule has 1 aromatic carbocycles. The summed E-state index contributed by atoms with van der Waals surface area (Å²) in [6, 6.07) is 6.73. The van der Waals surface area contributed by atoms with Gasteiger partial charge in [0, 0.05) is 18.8 Å². The Balaban J connectivity index is 2.02. The highest BCUT2D eigenvalue weighted by atomic mass is 19.1. The number of carbonyl (C=O) groups is 1. The number of nitrogens with zero attached hydrogens (tertiary/aromatic N) is 1. The van der Waals surface area contributed by atoms with Gasteiger partial charge in [0.05, 0.1) is 18.6 Å². The SMILES string of the molecule is CC(C)N(C)c1ccc(NC(=O)N[C@H](CO)c2ccco2)cc1F. The molecule has 24 heavy (non-hydrogen) atoms. The fourth-order valence-electron chi connectivity index (χ4n) is 2.17. The number of furan rings is 1. The first-order chi connectivity index (χ1) is 11.4. The number of rotatable bonds is 6.